The molecule has 0 atom stereocenters. The zero-order valence-corrected chi connectivity index (χ0v) is 17.3. The summed E-state index contributed by atoms with van der Waals surface area (Å²) < 4.78 is 11.1. The Balaban J connectivity index is 1.69. The van der Waals surface area contributed by atoms with E-state index in [-0.39, 0.29) is 12.2 Å². The molecule has 0 spiro atoms. The van der Waals surface area contributed by atoms with Crippen LogP contribution in [0.4, 0.5) is 11.5 Å². The first kappa shape index (κ1) is 20.0. The van der Waals surface area contributed by atoms with Crippen LogP contribution in [0.5, 0.6) is 11.5 Å². The highest BCUT2D eigenvalue weighted by Crippen LogP contribution is 2.33. The van der Waals surface area contributed by atoms with Crippen molar-refractivity contribution in [2.24, 2.45) is 0 Å². The summed E-state index contributed by atoms with van der Waals surface area (Å²) in [7, 11) is 0. The molecule has 0 unspecified atom stereocenters. The van der Waals surface area contributed by atoms with Crippen molar-refractivity contribution in [3.05, 3.63) is 70.6 Å². The Labute approximate surface area is 182 Å². The molecule has 7 nitrogen and oxygen atoms in total. The van der Waals surface area contributed by atoms with Gasteiger partial charge in [0.2, 0.25) is 0 Å². The largest absolute Gasteiger partial charge is 0.462 e. The Bertz CT molecular complexity index is 1210. The standard InChI is InChI=1S/C21H16Cl2N4O3/c1-2-29-21(28)16-10-14(27-20-19-17(5-6-24-19)25-11-26-20)3-4-18(16)30-15-8-12(22)7-13(23)9-15/h3-11,24H,2H2,1H3,(H,25,26,27). The highest BCUT2D eigenvalue weighted by atomic mass is 35.5. The maximum absolute atomic E-state index is 12.6. The highest BCUT2D eigenvalue weighted by Gasteiger charge is 2.17. The van der Waals surface area contributed by atoms with Crippen molar-refractivity contribution in [2.45, 2.75) is 6.92 Å². The lowest BCUT2D eigenvalue weighted by molar-refractivity contribution is 0.0523. The van der Waals surface area contributed by atoms with Gasteiger partial charge in [0.25, 0.3) is 0 Å². The summed E-state index contributed by atoms with van der Waals surface area (Å²) in [5.74, 6) is 0.778. The summed E-state index contributed by atoms with van der Waals surface area (Å²) in [4.78, 5) is 24.1. The van der Waals surface area contributed by atoms with E-state index >= 15 is 0 Å². The van der Waals surface area contributed by atoms with E-state index in [4.69, 9.17) is 32.7 Å². The van der Waals surface area contributed by atoms with Crippen LogP contribution in [0.1, 0.15) is 17.3 Å². The minimum atomic E-state index is -0.517. The Kier molecular flexibility index (Phi) is 5.74. The normalized spacial score (nSPS) is 10.8. The summed E-state index contributed by atoms with van der Waals surface area (Å²) in [5, 5.41) is 4.04. The van der Waals surface area contributed by atoms with Crippen molar-refractivity contribution < 1.29 is 14.3 Å². The van der Waals surface area contributed by atoms with E-state index in [0.29, 0.717) is 33.0 Å². The molecule has 0 radical (unpaired) electrons. The Morgan fingerprint density at radius 2 is 1.90 bits per heavy atom. The second kappa shape index (κ2) is 8.61. The zero-order valence-electron chi connectivity index (χ0n) is 15.8. The number of aromatic amines is 1. The number of halogens is 2. The number of aromatic nitrogens is 3. The third-order valence-corrected chi connectivity index (χ3v) is 4.58. The molecule has 9 heteroatoms. The van der Waals surface area contributed by atoms with Gasteiger partial charge in [-0.15, -0.1) is 0 Å². The maximum Gasteiger partial charge on any atom is 0.342 e. The van der Waals surface area contributed by atoms with Crippen molar-refractivity contribution in [1.82, 2.24) is 15.0 Å². The monoisotopic (exact) mass is 442 g/mol. The average Bonchev–Trinajstić information content (AvgIpc) is 3.18. The van der Waals surface area contributed by atoms with Gasteiger partial charge >= 0.3 is 5.97 Å². The molecular weight excluding hydrogens is 427 g/mol. The van der Waals surface area contributed by atoms with Crippen LogP contribution in [0.3, 0.4) is 0 Å². The van der Waals surface area contributed by atoms with Crippen LogP contribution >= 0.6 is 23.2 Å². The lowest BCUT2D eigenvalue weighted by Gasteiger charge is -2.14. The van der Waals surface area contributed by atoms with Gasteiger partial charge in [-0.1, -0.05) is 23.2 Å². The van der Waals surface area contributed by atoms with Gasteiger partial charge in [-0.25, -0.2) is 14.8 Å². The molecule has 2 aromatic carbocycles. The second-order valence-corrected chi connectivity index (χ2v) is 7.10. The molecule has 0 fully saturated rings. The number of H-pyrrole nitrogens is 1. The smallest absolute Gasteiger partial charge is 0.342 e. The quantitative estimate of drug-likeness (QED) is 0.357. The number of anilines is 2. The van der Waals surface area contributed by atoms with Crippen LogP contribution in [0.15, 0.2) is 55.0 Å². The van der Waals surface area contributed by atoms with E-state index in [2.05, 4.69) is 20.3 Å². The second-order valence-electron chi connectivity index (χ2n) is 6.22. The van der Waals surface area contributed by atoms with Crippen LogP contribution < -0.4 is 10.1 Å². The summed E-state index contributed by atoms with van der Waals surface area (Å²) in [6.07, 6.45) is 3.24. The molecule has 0 aliphatic carbocycles. The van der Waals surface area contributed by atoms with E-state index in [1.807, 2.05) is 6.07 Å². The number of carbonyl (C=O) groups excluding carboxylic acids is 1. The molecule has 4 aromatic rings. The fourth-order valence-corrected chi connectivity index (χ4v) is 3.39. The fraction of sp³-hybridized carbons (Fsp3) is 0.0952. The number of hydrogen-bond donors (Lipinski definition) is 2. The Hall–Kier alpha value is -3.29. The number of rotatable bonds is 6. The van der Waals surface area contributed by atoms with Gasteiger partial charge in [0, 0.05) is 21.9 Å². The molecule has 0 aliphatic rings. The van der Waals surface area contributed by atoms with Crippen molar-refractivity contribution in [3.63, 3.8) is 0 Å². The molecule has 0 saturated heterocycles. The number of nitrogens with zero attached hydrogens (tertiary/aromatic N) is 2. The van der Waals surface area contributed by atoms with Gasteiger partial charge in [0.15, 0.2) is 5.82 Å². The van der Waals surface area contributed by atoms with Crippen molar-refractivity contribution in [3.8, 4) is 11.5 Å². The fourth-order valence-electron chi connectivity index (χ4n) is 2.88. The lowest BCUT2D eigenvalue weighted by Crippen LogP contribution is -2.07. The minimum absolute atomic E-state index is 0.230. The minimum Gasteiger partial charge on any atom is -0.462 e. The van der Waals surface area contributed by atoms with Crippen LogP contribution in [0.2, 0.25) is 10.0 Å². The predicted octanol–water partition coefficient (Wildman–Crippen LogP) is 5.98. The number of ether oxygens (including phenoxy) is 2. The third-order valence-electron chi connectivity index (χ3n) is 4.15. The summed E-state index contributed by atoms with van der Waals surface area (Å²) in [5.41, 5.74) is 2.40. The number of benzene rings is 2. The van der Waals surface area contributed by atoms with Gasteiger partial charge < -0.3 is 19.8 Å². The first-order chi connectivity index (χ1) is 14.5. The number of nitrogens with one attached hydrogen (secondary N) is 2. The zero-order chi connectivity index (χ0) is 21.1. The van der Waals surface area contributed by atoms with Crippen molar-refractivity contribution >= 4 is 51.7 Å². The molecule has 0 bridgehead atoms. The molecule has 2 heterocycles. The van der Waals surface area contributed by atoms with Gasteiger partial charge in [0.05, 0.1) is 12.1 Å². The van der Waals surface area contributed by atoms with Gasteiger partial charge in [-0.05, 0) is 49.4 Å². The van der Waals surface area contributed by atoms with E-state index in [0.717, 1.165) is 11.0 Å². The van der Waals surface area contributed by atoms with E-state index < -0.39 is 5.97 Å². The molecule has 0 amide bonds. The Morgan fingerprint density at radius 1 is 1.10 bits per heavy atom. The third kappa shape index (κ3) is 4.32. The predicted molar refractivity (Wildman–Crippen MR) is 116 cm³/mol. The van der Waals surface area contributed by atoms with E-state index in [9.17, 15) is 4.79 Å². The summed E-state index contributed by atoms with van der Waals surface area (Å²) in [6, 6.07) is 11.7. The topological polar surface area (TPSA) is 89.1 Å². The first-order valence-electron chi connectivity index (χ1n) is 9.03. The van der Waals surface area contributed by atoms with Crippen molar-refractivity contribution in [1.29, 1.82) is 0 Å². The molecule has 0 saturated carbocycles. The van der Waals surface area contributed by atoms with E-state index in [1.165, 1.54) is 6.33 Å². The molecular formula is C21H16Cl2N4O3. The van der Waals surface area contributed by atoms with Gasteiger partial charge in [0.1, 0.15) is 28.9 Å². The average molecular weight is 443 g/mol. The van der Waals surface area contributed by atoms with Crippen molar-refractivity contribution in [2.75, 3.05) is 11.9 Å². The van der Waals surface area contributed by atoms with Crippen LogP contribution in [0.25, 0.3) is 11.0 Å². The SMILES string of the molecule is CCOC(=O)c1cc(Nc2ncnc3cc[nH]c23)ccc1Oc1cc(Cl)cc(Cl)c1. The lowest BCUT2D eigenvalue weighted by atomic mass is 10.1. The highest BCUT2D eigenvalue weighted by molar-refractivity contribution is 6.34. The number of carbonyl (C=O) groups is 1. The molecule has 152 valence electrons. The number of hydrogen-bond acceptors (Lipinski definition) is 6. The Morgan fingerprint density at radius 3 is 2.67 bits per heavy atom. The molecule has 2 aromatic heterocycles. The number of fused-ring (bicyclic) bond motifs is 1. The number of esters is 1. The van der Waals surface area contributed by atoms with Crippen LogP contribution in [0, 0.1) is 0 Å². The summed E-state index contributed by atoms with van der Waals surface area (Å²) in [6.45, 7) is 1.97. The van der Waals surface area contributed by atoms with Crippen LogP contribution in [-0.2, 0) is 4.74 Å². The van der Waals surface area contributed by atoms with Gasteiger partial charge in [-0.2, -0.15) is 0 Å². The van der Waals surface area contributed by atoms with E-state index in [1.54, 1.807) is 49.5 Å². The van der Waals surface area contributed by atoms with Crippen LogP contribution in [-0.4, -0.2) is 27.5 Å². The molecule has 0 aliphatic heterocycles. The van der Waals surface area contributed by atoms with Gasteiger partial charge in [-0.3, -0.25) is 0 Å². The maximum atomic E-state index is 12.6. The summed E-state index contributed by atoms with van der Waals surface area (Å²) >= 11 is 12.1. The molecule has 30 heavy (non-hydrogen) atoms. The molecule has 4 rings (SSSR count). The first-order valence-corrected chi connectivity index (χ1v) is 9.79. The molecule has 2 N–H and O–H groups in total.